The van der Waals surface area contributed by atoms with Crippen LogP contribution < -0.4 is 5.73 Å². The monoisotopic (exact) mass is 436 g/mol. The van der Waals surface area contributed by atoms with Gasteiger partial charge in [-0.2, -0.15) is 0 Å². The SMILES string of the molecule is CCC1(c2ccc(F)cc2)CC(C(=O)O)=C(N)CN1C(=O)c1ccc(Cl)c(Cl)c1. The minimum absolute atomic E-state index is 0.00333. The Morgan fingerprint density at radius 2 is 1.83 bits per heavy atom. The van der Waals surface area contributed by atoms with Crippen molar-refractivity contribution in [2.24, 2.45) is 5.73 Å². The number of carbonyl (C=O) groups is 2. The van der Waals surface area contributed by atoms with Gasteiger partial charge in [0.1, 0.15) is 5.82 Å². The molecule has 29 heavy (non-hydrogen) atoms. The first kappa shape index (κ1) is 21.1. The average Bonchev–Trinajstić information content (AvgIpc) is 2.70. The maximum absolute atomic E-state index is 13.5. The number of nitrogens with zero attached hydrogens (tertiary/aromatic N) is 1. The predicted octanol–water partition coefficient (Wildman–Crippen LogP) is 4.58. The van der Waals surface area contributed by atoms with Crippen molar-refractivity contribution in [1.29, 1.82) is 0 Å². The van der Waals surface area contributed by atoms with Gasteiger partial charge in [-0.25, -0.2) is 9.18 Å². The molecule has 2 aromatic rings. The van der Waals surface area contributed by atoms with Gasteiger partial charge < -0.3 is 15.7 Å². The van der Waals surface area contributed by atoms with Gasteiger partial charge in [-0.15, -0.1) is 0 Å². The first-order valence-electron chi connectivity index (χ1n) is 8.93. The topological polar surface area (TPSA) is 83.6 Å². The van der Waals surface area contributed by atoms with Gasteiger partial charge in [0.05, 0.1) is 27.7 Å². The van der Waals surface area contributed by atoms with Gasteiger partial charge >= 0.3 is 5.97 Å². The molecule has 2 aromatic carbocycles. The van der Waals surface area contributed by atoms with Gasteiger partial charge in [0.15, 0.2) is 0 Å². The van der Waals surface area contributed by atoms with Crippen LogP contribution in [-0.2, 0) is 10.3 Å². The number of hydrogen-bond donors (Lipinski definition) is 2. The molecule has 0 saturated carbocycles. The third kappa shape index (κ3) is 3.82. The third-order valence-corrected chi connectivity index (χ3v) is 6.08. The lowest BCUT2D eigenvalue weighted by Gasteiger charge is -2.47. The molecular weight excluding hydrogens is 418 g/mol. The zero-order valence-corrected chi connectivity index (χ0v) is 17.1. The summed E-state index contributed by atoms with van der Waals surface area (Å²) in [4.78, 5) is 26.7. The molecule has 1 aliphatic heterocycles. The van der Waals surface area contributed by atoms with Crippen LogP contribution in [0.5, 0.6) is 0 Å². The Balaban J connectivity index is 2.17. The van der Waals surface area contributed by atoms with Gasteiger partial charge in [0.25, 0.3) is 5.91 Å². The fourth-order valence-electron chi connectivity index (χ4n) is 3.72. The number of rotatable bonds is 4. The van der Waals surface area contributed by atoms with Crippen molar-refractivity contribution in [2.45, 2.75) is 25.3 Å². The second-order valence-corrected chi connectivity index (χ2v) is 7.71. The highest BCUT2D eigenvalue weighted by molar-refractivity contribution is 6.42. The van der Waals surface area contributed by atoms with E-state index in [9.17, 15) is 19.1 Å². The molecule has 5 nitrogen and oxygen atoms in total. The lowest BCUT2D eigenvalue weighted by Crippen LogP contribution is -2.54. The van der Waals surface area contributed by atoms with Crippen LogP contribution >= 0.6 is 23.2 Å². The van der Waals surface area contributed by atoms with Crippen LogP contribution in [0.4, 0.5) is 4.39 Å². The highest BCUT2D eigenvalue weighted by atomic mass is 35.5. The standard InChI is InChI=1S/C21H19Cl2FN2O3/c1-2-21(13-4-6-14(24)7-5-13)10-15(20(28)29)18(25)11-26(21)19(27)12-3-8-16(22)17(23)9-12/h3-9H,2,10-11,25H2,1H3,(H,28,29). The van der Waals surface area contributed by atoms with Crippen LogP contribution in [-0.4, -0.2) is 28.4 Å². The maximum Gasteiger partial charge on any atom is 0.333 e. The number of amides is 1. The molecule has 0 aliphatic carbocycles. The Morgan fingerprint density at radius 3 is 2.38 bits per heavy atom. The molecule has 0 saturated heterocycles. The average molecular weight is 437 g/mol. The second-order valence-electron chi connectivity index (χ2n) is 6.90. The van der Waals surface area contributed by atoms with E-state index in [4.69, 9.17) is 28.9 Å². The second kappa shape index (κ2) is 8.05. The maximum atomic E-state index is 13.5. The number of nitrogens with two attached hydrogens (primary N) is 1. The molecule has 0 bridgehead atoms. The minimum atomic E-state index is -1.14. The number of carboxylic acid groups (broad SMARTS) is 1. The summed E-state index contributed by atoms with van der Waals surface area (Å²) in [6.45, 7) is 1.77. The van der Waals surface area contributed by atoms with Crippen molar-refractivity contribution >= 4 is 35.1 Å². The van der Waals surface area contributed by atoms with Crippen LogP contribution in [0.3, 0.4) is 0 Å². The summed E-state index contributed by atoms with van der Waals surface area (Å²) in [5.41, 5.74) is 6.09. The summed E-state index contributed by atoms with van der Waals surface area (Å²) in [6.07, 6.45) is 0.402. The Kier molecular flexibility index (Phi) is 5.87. The Labute approximate surface area is 177 Å². The molecule has 1 amide bonds. The van der Waals surface area contributed by atoms with Gasteiger partial charge in [-0.3, -0.25) is 4.79 Å². The molecule has 1 atom stereocenters. The lowest BCUT2D eigenvalue weighted by atomic mass is 9.76. The van der Waals surface area contributed by atoms with Crippen molar-refractivity contribution in [3.05, 3.63) is 80.7 Å². The van der Waals surface area contributed by atoms with Crippen molar-refractivity contribution in [3.63, 3.8) is 0 Å². The van der Waals surface area contributed by atoms with Crippen molar-refractivity contribution in [1.82, 2.24) is 4.90 Å². The van der Waals surface area contributed by atoms with E-state index in [0.717, 1.165) is 0 Å². The Morgan fingerprint density at radius 1 is 1.17 bits per heavy atom. The fraction of sp³-hybridized carbons (Fsp3) is 0.238. The van der Waals surface area contributed by atoms with Gasteiger partial charge in [-0.1, -0.05) is 42.3 Å². The number of hydrogen-bond acceptors (Lipinski definition) is 3. The van der Waals surface area contributed by atoms with Crippen molar-refractivity contribution in [2.75, 3.05) is 6.54 Å². The molecule has 1 aliphatic rings. The normalized spacial score (nSPS) is 19.4. The summed E-state index contributed by atoms with van der Waals surface area (Å²) in [6, 6.07) is 10.2. The number of halogens is 3. The highest BCUT2D eigenvalue weighted by Gasteiger charge is 2.45. The van der Waals surface area contributed by atoms with Crippen LogP contribution in [0.15, 0.2) is 53.7 Å². The largest absolute Gasteiger partial charge is 0.478 e. The number of benzene rings is 2. The minimum Gasteiger partial charge on any atom is -0.478 e. The van der Waals surface area contributed by atoms with E-state index in [-0.39, 0.29) is 35.2 Å². The fourth-order valence-corrected chi connectivity index (χ4v) is 4.02. The predicted molar refractivity (Wildman–Crippen MR) is 109 cm³/mol. The molecule has 0 radical (unpaired) electrons. The summed E-state index contributed by atoms with van der Waals surface area (Å²) in [5, 5.41) is 10.1. The van der Waals surface area contributed by atoms with Crippen molar-refractivity contribution < 1.29 is 19.1 Å². The third-order valence-electron chi connectivity index (χ3n) is 5.34. The molecule has 152 valence electrons. The zero-order valence-electron chi connectivity index (χ0n) is 15.6. The van der Waals surface area contributed by atoms with Gasteiger partial charge in [-0.05, 0) is 42.3 Å². The summed E-state index contributed by atoms with van der Waals surface area (Å²) in [7, 11) is 0. The number of carboxylic acids is 1. The first-order chi connectivity index (χ1) is 13.7. The van der Waals surface area contributed by atoms with Crippen LogP contribution in [0.1, 0.15) is 35.7 Å². The summed E-state index contributed by atoms with van der Waals surface area (Å²) in [5.74, 6) is -1.93. The van der Waals surface area contributed by atoms with E-state index >= 15 is 0 Å². The van der Waals surface area contributed by atoms with Crippen LogP contribution in [0, 0.1) is 5.82 Å². The molecular formula is C21H19Cl2FN2O3. The highest BCUT2D eigenvalue weighted by Crippen LogP contribution is 2.43. The Bertz CT molecular complexity index is 1010. The van der Waals surface area contributed by atoms with E-state index in [0.29, 0.717) is 22.6 Å². The molecule has 8 heteroatoms. The van der Waals surface area contributed by atoms with Crippen LogP contribution in [0.2, 0.25) is 10.0 Å². The summed E-state index contributed by atoms with van der Waals surface area (Å²) < 4.78 is 13.5. The van der Waals surface area contributed by atoms with Crippen LogP contribution in [0.25, 0.3) is 0 Å². The number of aliphatic carboxylic acids is 1. The Hall–Kier alpha value is -2.57. The molecule has 3 N–H and O–H groups in total. The zero-order chi connectivity index (χ0) is 21.3. The van der Waals surface area contributed by atoms with E-state index in [2.05, 4.69) is 0 Å². The van der Waals surface area contributed by atoms with E-state index < -0.39 is 17.3 Å². The van der Waals surface area contributed by atoms with E-state index in [1.165, 1.54) is 29.2 Å². The lowest BCUT2D eigenvalue weighted by molar-refractivity contribution is -0.133. The quantitative estimate of drug-likeness (QED) is 0.734. The first-order valence-corrected chi connectivity index (χ1v) is 9.69. The van der Waals surface area contributed by atoms with Gasteiger partial charge in [0.2, 0.25) is 0 Å². The molecule has 0 fully saturated rings. The molecule has 0 spiro atoms. The molecule has 0 aromatic heterocycles. The number of carbonyl (C=O) groups excluding carboxylic acids is 1. The molecule has 1 unspecified atom stereocenters. The van der Waals surface area contributed by atoms with E-state index in [1.807, 2.05) is 6.92 Å². The molecule has 3 rings (SSSR count). The van der Waals surface area contributed by atoms with Crippen molar-refractivity contribution in [3.8, 4) is 0 Å². The van der Waals surface area contributed by atoms with Gasteiger partial charge in [0, 0.05) is 17.7 Å². The smallest absolute Gasteiger partial charge is 0.333 e. The molecule has 1 heterocycles. The van der Waals surface area contributed by atoms with E-state index in [1.54, 1.807) is 18.2 Å². The summed E-state index contributed by atoms with van der Waals surface area (Å²) >= 11 is 12.0.